The van der Waals surface area contributed by atoms with Crippen LogP contribution >= 0.6 is 0 Å². The maximum Gasteiger partial charge on any atom is 0.255 e. The first-order chi connectivity index (χ1) is 7.63. The highest BCUT2D eigenvalue weighted by Gasteiger charge is 2.12. The number of rotatable bonds is 2. The molecule has 0 bridgehead atoms. The fraction of sp³-hybridized carbons (Fsp3) is 0.333. The van der Waals surface area contributed by atoms with Gasteiger partial charge < -0.3 is 9.30 Å². The summed E-state index contributed by atoms with van der Waals surface area (Å²) in [4.78, 5) is 17.9. The van der Waals surface area contributed by atoms with E-state index in [0.717, 1.165) is 11.2 Å². The number of carbonyl (C=O) groups excluding carboxylic acids is 1. The van der Waals surface area contributed by atoms with Crippen LogP contribution in [-0.4, -0.2) is 33.8 Å². The Morgan fingerprint density at radius 3 is 3.00 bits per heavy atom. The maximum atomic E-state index is 12.0. The fourth-order valence-corrected chi connectivity index (χ4v) is 1.69. The van der Waals surface area contributed by atoms with Crippen LogP contribution in [0.1, 0.15) is 22.8 Å². The second-order valence-corrected chi connectivity index (χ2v) is 3.89. The highest BCUT2D eigenvalue weighted by molar-refractivity contribution is 5.94. The molecule has 2 heterocycles. The topological polar surface area (TPSA) is 37.6 Å². The van der Waals surface area contributed by atoms with Gasteiger partial charge in [-0.1, -0.05) is 0 Å². The van der Waals surface area contributed by atoms with Gasteiger partial charge in [0, 0.05) is 32.2 Å². The van der Waals surface area contributed by atoms with Gasteiger partial charge in [-0.15, -0.1) is 0 Å². The maximum absolute atomic E-state index is 12.0. The first-order valence-electron chi connectivity index (χ1n) is 5.32. The molecule has 0 atom stereocenters. The van der Waals surface area contributed by atoms with E-state index in [1.807, 2.05) is 36.7 Å². The molecule has 0 N–H and O–H groups in total. The summed E-state index contributed by atoms with van der Waals surface area (Å²) in [5.41, 5.74) is 2.61. The van der Waals surface area contributed by atoms with Crippen LogP contribution in [0.25, 0.3) is 5.65 Å². The summed E-state index contributed by atoms with van der Waals surface area (Å²) < 4.78 is 1.88. The first kappa shape index (κ1) is 10.7. The summed E-state index contributed by atoms with van der Waals surface area (Å²) in [6, 6.07) is 1.89. The van der Waals surface area contributed by atoms with E-state index in [4.69, 9.17) is 0 Å². The van der Waals surface area contributed by atoms with Crippen LogP contribution in [0, 0.1) is 6.92 Å². The van der Waals surface area contributed by atoms with Crippen molar-refractivity contribution in [3.8, 4) is 0 Å². The molecule has 4 nitrogen and oxygen atoms in total. The Hall–Kier alpha value is -1.84. The van der Waals surface area contributed by atoms with Crippen LogP contribution in [-0.2, 0) is 0 Å². The molecule has 0 saturated heterocycles. The lowest BCUT2D eigenvalue weighted by Gasteiger charge is -2.15. The van der Waals surface area contributed by atoms with Crippen molar-refractivity contribution in [3.63, 3.8) is 0 Å². The van der Waals surface area contributed by atoms with Crippen molar-refractivity contribution < 1.29 is 4.79 Å². The monoisotopic (exact) mass is 217 g/mol. The van der Waals surface area contributed by atoms with Crippen LogP contribution in [0.2, 0.25) is 0 Å². The molecule has 2 aromatic rings. The SMILES string of the molecule is CCN(C)C(=O)c1cc(C)c2nccn2c1. The third-order valence-corrected chi connectivity index (χ3v) is 2.74. The van der Waals surface area contributed by atoms with Gasteiger partial charge in [0.25, 0.3) is 5.91 Å². The minimum Gasteiger partial charge on any atom is -0.342 e. The molecule has 0 aromatic carbocycles. The number of nitrogens with zero attached hydrogens (tertiary/aromatic N) is 3. The lowest BCUT2D eigenvalue weighted by molar-refractivity contribution is 0.0802. The quantitative estimate of drug-likeness (QED) is 0.768. The van der Waals surface area contributed by atoms with Crippen LogP contribution in [0.3, 0.4) is 0 Å². The van der Waals surface area contributed by atoms with Crippen molar-refractivity contribution in [2.45, 2.75) is 13.8 Å². The number of carbonyl (C=O) groups is 1. The number of hydrogen-bond acceptors (Lipinski definition) is 2. The first-order valence-corrected chi connectivity index (χ1v) is 5.32. The summed E-state index contributed by atoms with van der Waals surface area (Å²) in [5.74, 6) is 0.0428. The Balaban J connectivity index is 2.49. The lowest BCUT2D eigenvalue weighted by atomic mass is 10.2. The van der Waals surface area contributed by atoms with Crippen molar-refractivity contribution in [1.82, 2.24) is 14.3 Å². The normalized spacial score (nSPS) is 10.7. The minimum absolute atomic E-state index is 0.0428. The Kier molecular flexibility index (Phi) is 2.64. The van der Waals surface area contributed by atoms with E-state index in [0.29, 0.717) is 12.1 Å². The third kappa shape index (κ3) is 1.66. The molecule has 0 aliphatic carbocycles. The predicted octanol–water partition coefficient (Wildman–Crippen LogP) is 1.73. The molecule has 0 unspecified atom stereocenters. The molecule has 0 aliphatic rings. The predicted molar refractivity (Wildman–Crippen MR) is 62.6 cm³/mol. The molecule has 16 heavy (non-hydrogen) atoms. The van der Waals surface area contributed by atoms with Crippen molar-refractivity contribution in [1.29, 1.82) is 0 Å². The van der Waals surface area contributed by atoms with Crippen molar-refractivity contribution in [2.75, 3.05) is 13.6 Å². The van der Waals surface area contributed by atoms with Gasteiger partial charge >= 0.3 is 0 Å². The summed E-state index contributed by atoms with van der Waals surface area (Å²) in [6.07, 6.45) is 5.41. The molecule has 2 aromatic heterocycles. The van der Waals surface area contributed by atoms with E-state index < -0.39 is 0 Å². The fourth-order valence-electron chi connectivity index (χ4n) is 1.69. The van der Waals surface area contributed by atoms with E-state index >= 15 is 0 Å². The van der Waals surface area contributed by atoms with Gasteiger partial charge in [-0.25, -0.2) is 4.98 Å². The summed E-state index contributed by atoms with van der Waals surface area (Å²) in [5, 5.41) is 0. The molecular formula is C12H15N3O. The molecule has 84 valence electrons. The van der Waals surface area contributed by atoms with E-state index in [2.05, 4.69) is 4.98 Å². The van der Waals surface area contributed by atoms with Gasteiger partial charge in [0.15, 0.2) is 0 Å². The average molecular weight is 217 g/mol. The van der Waals surface area contributed by atoms with Gasteiger partial charge in [0.1, 0.15) is 5.65 Å². The highest BCUT2D eigenvalue weighted by Crippen LogP contribution is 2.12. The van der Waals surface area contributed by atoms with Gasteiger partial charge in [-0.2, -0.15) is 0 Å². The Labute approximate surface area is 94.5 Å². The summed E-state index contributed by atoms with van der Waals surface area (Å²) >= 11 is 0. The van der Waals surface area contributed by atoms with Gasteiger partial charge in [0.2, 0.25) is 0 Å². The Bertz CT molecular complexity index is 530. The van der Waals surface area contributed by atoms with E-state index in [1.54, 1.807) is 18.1 Å². The summed E-state index contributed by atoms with van der Waals surface area (Å²) in [6.45, 7) is 4.63. The smallest absolute Gasteiger partial charge is 0.255 e. The Morgan fingerprint density at radius 1 is 1.56 bits per heavy atom. The van der Waals surface area contributed by atoms with E-state index in [-0.39, 0.29) is 5.91 Å². The molecule has 0 saturated carbocycles. The van der Waals surface area contributed by atoms with E-state index in [1.165, 1.54) is 0 Å². The number of aromatic nitrogens is 2. The zero-order chi connectivity index (χ0) is 11.7. The second-order valence-electron chi connectivity index (χ2n) is 3.89. The number of imidazole rings is 1. The van der Waals surface area contributed by atoms with Gasteiger partial charge in [0.05, 0.1) is 5.56 Å². The van der Waals surface area contributed by atoms with Crippen LogP contribution in [0.5, 0.6) is 0 Å². The zero-order valence-electron chi connectivity index (χ0n) is 9.77. The van der Waals surface area contributed by atoms with Crippen LogP contribution in [0.15, 0.2) is 24.7 Å². The lowest BCUT2D eigenvalue weighted by Crippen LogP contribution is -2.26. The molecule has 0 spiro atoms. The second kappa shape index (κ2) is 3.96. The van der Waals surface area contributed by atoms with Gasteiger partial charge in [-0.3, -0.25) is 4.79 Å². The van der Waals surface area contributed by atoms with E-state index in [9.17, 15) is 4.79 Å². The number of hydrogen-bond donors (Lipinski definition) is 0. The van der Waals surface area contributed by atoms with Crippen molar-refractivity contribution >= 4 is 11.6 Å². The molecular weight excluding hydrogens is 202 g/mol. The third-order valence-electron chi connectivity index (χ3n) is 2.74. The molecule has 0 fully saturated rings. The van der Waals surface area contributed by atoms with Crippen LogP contribution < -0.4 is 0 Å². The van der Waals surface area contributed by atoms with Crippen molar-refractivity contribution in [2.24, 2.45) is 0 Å². The number of amides is 1. The van der Waals surface area contributed by atoms with Crippen LogP contribution in [0.4, 0.5) is 0 Å². The molecule has 1 amide bonds. The molecule has 4 heteroatoms. The molecule has 0 radical (unpaired) electrons. The number of pyridine rings is 1. The largest absolute Gasteiger partial charge is 0.342 e. The zero-order valence-corrected chi connectivity index (χ0v) is 9.77. The summed E-state index contributed by atoms with van der Waals surface area (Å²) in [7, 11) is 1.80. The standard InChI is InChI=1S/C12H15N3O/c1-4-14(3)12(16)10-7-9(2)11-13-5-6-15(11)8-10/h5-8H,4H2,1-3H3. The molecule has 2 rings (SSSR count). The highest BCUT2D eigenvalue weighted by atomic mass is 16.2. The van der Waals surface area contributed by atoms with Gasteiger partial charge in [-0.05, 0) is 25.5 Å². The Morgan fingerprint density at radius 2 is 2.31 bits per heavy atom. The average Bonchev–Trinajstić information content (AvgIpc) is 2.75. The number of fused-ring (bicyclic) bond motifs is 1. The number of aryl methyl sites for hydroxylation is 1. The minimum atomic E-state index is 0.0428. The van der Waals surface area contributed by atoms with Crippen molar-refractivity contribution in [3.05, 3.63) is 35.8 Å². The molecule has 0 aliphatic heterocycles.